The fourth-order valence-electron chi connectivity index (χ4n) is 2.00. The van der Waals surface area contributed by atoms with Gasteiger partial charge in [-0.3, -0.25) is 0 Å². The highest BCUT2D eigenvalue weighted by atomic mass is 19.4. The van der Waals surface area contributed by atoms with E-state index in [2.05, 4.69) is 9.97 Å². The monoisotopic (exact) mass is 261 g/mol. The van der Waals surface area contributed by atoms with Crippen LogP contribution in [0.2, 0.25) is 0 Å². The lowest BCUT2D eigenvalue weighted by Crippen LogP contribution is -2.46. The Balaban J connectivity index is 2.23. The number of alkyl halides is 3. The second-order valence-corrected chi connectivity index (χ2v) is 4.40. The van der Waals surface area contributed by atoms with Gasteiger partial charge in [-0.15, -0.1) is 0 Å². The first kappa shape index (κ1) is 13.1. The van der Waals surface area contributed by atoms with Crippen molar-refractivity contribution in [1.82, 2.24) is 9.97 Å². The van der Waals surface area contributed by atoms with Gasteiger partial charge in [0.25, 0.3) is 0 Å². The van der Waals surface area contributed by atoms with Crippen LogP contribution in [0.25, 0.3) is 0 Å². The van der Waals surface area contributed by atoms with Gasteiger partial charge >= 0.3 is 6.18 Å². The van der Waals surface area contributed by atoms with Crippen LogP contribution in [0.3, 0.4) is 0 Å². The van der Waals surface area contributed by atoms with E-state index < -0.39 is 11.9 Å². The molecule has 7 heteroatoms. The smallest absolute Gasteiger partial charge is 0.372 e. The number of aromatic nitrogens is 2. The van der Waals surface area contributed by atoms with E-state index in [-0.39, 0.29) is 18.2 Å². The van der Waals surface area contributed by atoms with Crippen LogP contribution >= 0.6 is 0 Å². The maximum atomic E-state index is 12.6. The zero-order chi connectivity index (χ0) is 13.3. The van der Waals surface area contributed by atoms with Crippen LogP contribution in [0.4, 0.5) is 19.1 Å². The molecule has 2 heterocycles. The number of nitrogens with zero attached hydrogens (tertiary/aromatic N) is 3. The van der Waals surface area contributed by atoms with E-state index in [1.165, 1.54) is 0 Å². The molecular formula is C11H14F3N3O. The Bertz CT molecular complexity index is 414. The molecule has 0 saturated carbocycles. The Hall–Kier alpha value is -1.37. The fourth-order valence-corrected chi connectivity index (χ4v) is 2.00. The first-order chi connectivity index (χ1) is 8.36. The number of hydrogen-bond acceptors (Lipinski definition) is 4. The molecule has 0 N–H and O–H groups in total. The molecule has 2 atom stereocenters. The van der Waals surface area contributed by atoms with Crippen LogP contribution < -0.4 is 4.90 Å². The van der Waals surface area contributed by atoms with Gasteiger partial charge in [0, 0.05) is 19.3 Å². The first-order valence-corrected chi connectivity index (χ1v) is 5.67. The summed E-state index contributed by atoms with van der Waals surface area (Å²) < 4.78 is 43.2. The zero-order valence-corrected chi connectivity index (χ0v) is 10.1. The number of morpholine rings is 1. The van der Waals surface area contributed by atoms with E-state index in [0.717, 1.165) is 12.3 Å². The lowest BCUT2D eigenvalue weighted by Gasteiger charge is -2.35. The summed E-state index contributed by atoms with van der Waals surface area (Å²) >= 11 is 0. The maximum Gasteiger partial charge on any atom is 0.433 e. The summed E-state index contributed by atoms with van der Waals surface area (Å²) in [5, 5.41) is 0. The number of ether oxygens (including phenoxy) is 1. The Morgan fingerprint density at radius 1 is 1.28 bits per heavy atom. The summed E-state index contributed by atoms with van der Waals surface area (Å²) in [6.07, 6.45) is -3.41. The van der Waals surface area contributed by atoms with Gasteiger partial charge in [-0.1, -0.05) is 0 Å². The molecular weight excluding hydrogens is 247 g/mol. The largest absolute Gasteiger partial charge is 0.433 e. The quantitative estimate of drug-likeness (QED) is 0.776. The topological polar surface area (TPSA) is 38.2 Å². The third kappa shape index (κ3) is 2.90. The molecule has 0 aromatic carbocycles. The highest BCUT2D eigenvalue weighted by Gasteiger charge is 2.34. The summed E-state index contributed by atoms with van der Waals surface area (Å²) in [6.45, 7) is 4.73. The number of rotatable bonds is 1. The molecule has 1 saturated heterocycles. The van der Waals surface area contributed by atoms with E-state index in [9.17, 15) is 13.2 Å². The van der Waals surface area contributed by atoms with E-state index >= 15 is 0 Å². The lowest BCUT2D eigenvalue weighted by molar-refractivity contribution is -0.141. The second-order valence-electron chi connectivity index (χ2n) is 4.40. The molecule has 1 fully saturated rings. The molecule has 1 aromatic heterocycles. The van der Waals surface area contributed by atoms with Crippen LogP contribution in [0, 0.1) is 0 Å². The van der Waals surface area contributed by atoms with Crippen molar-refractivity contribution in [2.24, 2.45) is 0 Å². The Labute approximate surface area is 103 Å². The van der Waals surface area contributed by atoms with Crippen molar-refractivity contribution < 1.29 is 17.9 Å². The van der Waals surface area contributed by atoms with Crippen LogP contribution in [0.1, 0.15) is 19.5 Å². The molecule has 1 aliphatic rings. The lowest BCUT2D eigenvalue weighted by atomic mass is 10.2. The second kappa shape index (κ2) is 4.72. The van der Waals surface area contributed by atoms with Crippen molar-refractivity contribution in [2.75, 3.05) is 18.0 Å². The van der Waals surface area contributed by atoms with Crippen molar-refractivity contribution in [1.29, 1.82) is 0 Å². The number of halogens is 3. The SMILES string of the molecule is C[C@@H]1CN(c2nccc(C(F)(F)F)n2)C[C@@H](C)O1. The molecule has 18 heavy (non-hydrogen) atoms. The Morgan fingerprint density at radius 2 is 1.89 bits per heavy atom. The molecule has 0 radical (unpaired) electrons. The maximum absolute atomic E-state index is 12.6. The average Bonchev–Trinajstić information content (AvgIpc) is 2.27. The van der Waals surface area contributed by atoms with Crippen LogP contribution in [-0.2, 0) is 10.9 Å². The minimum atomic E-state index is -4.44. The van der Waals surface area contributed by atoms with E-state index in [1.54, 1.807) is 4.90 Å². The average molecular weight is 261 g/mol. The highest BCUT2D eigenvalue weighted by molar-refractivity contribution is 5.32. The van der Waals surface area contributed by atoms with E-state index in [1.807, 2.05) is 13.8 Å². The Kier molecular flexibility index (Phi) is 3.43. The molecule has 2 rings (SSSR count). The third-order valence-electron chi connectivity index (χ3n) is 2.64. The van der Waals surface area contributed by atoms with Crippen LogP contribution in [0.5, 0.6) is 0 Å². The molecule has 1 aliphatic heterocycles. The van der Waals surface area contributed by atoms with Gasteiger partial charge in [0.2, 0.25) is 5.95 Å². The normalized spacial score (nSPS) is 25.3. The third-order valence-corrected chi connectivity index (χ3v) is 2.64. The first-order valence-electron chi connectivity index (χ1n) is 5.67. The van der Waals surface area contributed by atoms with Crippen molar-refractivity contribution in [3.05, 3.63) is 18.0 Å². The molecule has 0 amide bonds. The van der Waals surface area contributed by atoms with Gasteiger partial charge in [0.1, 0.15) is 5.69 Å². The zero-order valence-electron chi connectivity index (χ0n) is 10.1. The molecule has 0 spiro atoms. The van der Waals surface area contributed by atoms with E-state index in [4.69, 9.17) is 4.74 Å². The molecule has 4 nitrogen and oxygen atoms in total. The van der Waals surface area contributed by atoms with Gasteiger partial charge in [0.05, 0.1) is 12.2 Å². The summed E-state index contributed by atoms with van der Waals surface area (Å²) in [7, 11) is 0. The number of anilines is 1. The van der Waals surface area contributed by atoms with Gasteiger partial charge in [-0.05, 0) is 19.9 Å². The van der Waals surface area contributed by atoms with Gasteiger partial charge in [-0.2, -0.15) is 13.2 Å². The summed E-state index contributed by atoms with van der Waals surface area (Å²) in [5.41, 5.74) is -0.917. The number of hydrogen-bond donors (Lipinski definition) is 0. The van der Waals surface area contributed by atoms with Crippen molar-refractivity contribution in [3.8, 4) is 0 Å². The predicted octanol–water partition coefficient (Wildman–Crippen LogP) is 2.11. The molecule has 0 unspecified atom stereocenters. The molecule has 0 bridgehead atoms. The van der Waals surface area contributed by atoms with Crippen LogP contribution in [0.15, 0.2) is 12.3 Å². The molecule has 100 valence electrons. The fraction of sp³-hybridized carbons (Fsp3) is 0.636. The minimum absolute atomic E-state index is 0.0492. The minimum Gasteiger partial charge on any atom is -0.372 e. The Morgan fingerprint density at radius 3 is 2.44 bits per heavy atom. The highest BCUT2D eigenvalue weighted by Crippen LogP contribution is 2.28. The summed E-state index contributed by atoms with van der Waals surface area (Å²) in [6, 6.07) is 0.872. The molecule has 1 aromatic rings. The summed E-state index contributed by atoms with van der Waals surface area (Å²) in [4.78, 5) is 9.19. The summed E-state index contributed by atoms with van der Waals surface area (Å²) in [5.74, 6) is 0.104. The van der Waals surface area contributed by atoms with Crippen molar-refractivity contribution in [2.45, 2.75) is 32.2 Å². The van der Waals surface area contributed by atoms with Crippen molar-refractivity contribution >= 4 is 5.95 Å². The predicted molar refractivity (Wildman–Crippen MR) is 59.3 cm³/mol. The van der Waals surface area contributed by atoms with Gasteiger partial charge in [0.15, 0.2) is 0 Å². The van der Waals surface area contributed by atoms with Gasteiger partial charge < -0.3 is 9.64 Å². The standard InChI is InChI=1S/C11H14F3N3O/c1-7-5-17(6-8(2)18-7)10-15-4-3-9(16-10)11(12,13)14/h3-4,7-8H,5-6H2,1-2H3/t7-,8-/m1/s1. The van der Waals surface area contributed by atoms with Gasteiger partial charge in [-0.25, -0.2) is 9.97 Å². The van der Waals surface area contributed by atoms with Crippen LogP contribution in [-0.4, -0.2) is 35.3 Å². The molecule has 0 aliphatic carbocycles. The van der Waals surface area contributed by atoms with Crippen molar-refractivity contribution in [3.63, 3.8) is 0 Å². The van der Waals surface area contributed by atoms with E-state index in [0.29, 0.717) is 13.1 Å².